The van der Waals surface area contributed by atoms with Gasteiger partial charge in [0.15, 0.2) is 0 Å². The van der Waals surface area contributed by atoms with E-state index in [4.69, 9.17) is 4.74 Å². The second-order valence-corrected chi connectivity index (χ2v) is 4.08. The Morgan fingerprint density at radius 2 is 1.85 bits per heavy atom. The van der Waals surface area contributed by atoms with Crippen LogP contribution in [0.25, 0.3) is 0 Å². The lowest BCUT2D eigenvalue weighted by Gasteiger charge is -2.36. The SMILES string of the molecule is O=CC1CC(OC2CCNCC2)C1. The summed E-state index contributed by atoms with van der Waals surface area (Å²) < 4.78 is 5.86. The van der Waals surface area contributed by atoms with Gasteiger partial charge < -0.3 is 14.8 Å². The molecule has 1 saturated carbocycles. The lowest BCUT2D eigenvalue weighted by atomic mass is 9.83. The van der Waals surface area contributed by atoms with Crippen molar-refractivity contribution in [3.05, 3.63) is 0 Å². The van der Waals surface area contributed by atoms with Crippen molar-refractivity contribution in [1.29, 1.82) is 0 Å². The molecule has 0 radical (unpaired) electrons. The normalized spacial score (nSPS) is 35.4. The average Bonchev–Trinajstić information content (AvgIpc) is 2.12. The van der Waals surface area contributed by atoms with Crippen LogP contribution in [0.1, 0.15) is 25.7 Å². The van der Waals surface area contributed by atoms with Crippen LogP contribution in [0.4, 0.5) is 0 Å². The van der Waals surface area contributed by atoms with Crippen molar-refractivity contribution in [3.63, 3.8) is 0 Å². The molecule has 1 N–H and O–H groups in total. The molecule has 0 bridgehead atoms. The van der Waals surface area contributed by atoms with E-state index < -0.39 is 0 Å². The first-order chi connectivity index (χ1) is 6.38. The predicted octanol–water partition coefficient (Wildman–Crippen LogP) is 0.732. The number of hydrogen-bond donors (Lipinski definition) is 1. The van der Waals surface area contributed by atoms with Gasteiger partial charge in [-0.25, -0.2) is 0 Å². The lowest BCUT2D eigenvalue weighted by Crippen LogP contribution is -2.39. The van der Waals surface area contributed by atoms with Crippen LogP contribution in [0.2, 0.25) is 0 Å². The van der Waals surface area contributed by atoms with Gasteiger partial charge in [-0.2, -0.15) is 0 Å². The van der Waals surface area contributed by atoms with Gasteiger partial charge in [-0.3, -0.25) is 0 Å². The Bertz CT molecular complexity index is 172. The second kappa shape index (κ2) is 4.20. The van der Waals surface area contributed by atoms with Crippen molar-refractivity contribution in [2.45, 2.75) is 37.9 Å². The first-order valence-electron chi connectivity index (χ1n) is 5.20. The quantitative estimate of drug-likeness (QED) is 0.656. The maximum Gasteiger partial charge on any atom is 0.123 e. The molecular weight excluding hydrogens is 166 g/mol. The number of carbonyl (C=O) groups is 1. The molecule has 1 aliphatic carbocycles. The largest absolute Gasteiger partial charge is 0.375 e. The van der Waals surface area contributed by atoms with Crippen LogP contribution in [0.3, 0.4) is 0 Å². The van der Waals surface area contributed by atoms with Gasteiger partial charge >= 0.3 is 0 Å². The molecule has 0 aromatic heterocycles. The summed E-state index contributed by atoms with van der Waals surface area (Å²) in [6, 6.07) is 0. The Kier molecular flexibility index (Phi) is 2.96. The van der Waals surface area contributed by atoms with Crippen LogP contribution in [0.15, 0.2) is 0 Å². The second-order valence-electron chi connectivity index (χ2n) is 4.08. The third-order valence-corrected chi connectivity index (χ3v) is 2.99. The lowest BCUT2D eigenvalue weighted by molar-refractivity contribution is -0.125. The van der Waals surface area contributed by atoms with E-state index in [1.54, 1.807) is 0 Å². The van der Waals surface area contributed by atoms with Gasteiger partial charge in [-0.05, 0) is 38.8 Å². The van der Waals surface area contributed by atoms with Crippen molar-refractivity contribution in [2.24, 2.45) is 5.92 Å². The first kappa shape index (κ1) is 9.16. The molecule has 1 aliphatic heterocycles. The summed E-state index contributed by atoms with van der Waals surface area (Å²) in [7, 11) is 0. The van der Waals surface area contributed by atoms with E-state index in [0.717, 1.165) is 45.1 Å². The van der Waals surface area contributed by atoms with Gasteiger partial charge in [0.25, 0.3) is 0 Å². The molecule has 2 rings (SSSR count). The highest BCUT2D eigenvalue weighted by Crippen LogP contribution is 2.30. The van der Waals surface area contributed by atoms with Gasteiger partial charge in [0.2, 0.25) is 0 Å². The number of aldehydes is 1. The van der Waals surface area contributed by atoms with Gasteiger partial charge in [0.1, 0.15) is 6.29 Å². The fourth-order valence-electron chi connectivity index (χ4n) is 2.03. The summed E-state index contributed by atoms with van der Waals surface area (Å²) in [4.78, 5) is 10.4. The number of piperidine rings is 1. The molecule has 3 heteroatoms. The highest BCUT2D eigenvalue weighted by atomic mass is 16.5. The Morgan fingerprint density at radius 1 is 1.15 bits per heavy atom. The van der Waals surface area contributed by atoms with E-state index >= 15 is 0 Å². The zero-order chi connectivity index (χ0) is 9.10. The highest BCUT2D eigenvalue weighted by Gasteiger charge is 2.31. The standard InChI is InChI=1S/C10H17NO2/c12-7-8-5-10(6-8)13-9-1-3-11-4-2-9/h7-11H,1-6H2. The molecule has 2 aliphatic rings. The van der Waals surface area contributed by atoms with Gasteiger partial charge in [-0.15, -0.1) is 0 Å². The third-order valence-electron chi connectivity index (χ3n) is 2.99. The zero-order valence-electron chi connectivity index (χ0n) is 7.87. The number of nitrogens with one attached hydrogen (secondary N) is 1. The number of hydrogen-bond acceptors (Lipinski definition) is 3. The maximum atomic E-state index is 10.4. The topological polar surface area (TPSA) is 38.3 Å². The van der Waals surface area contributed by atoms with Crippen LogP contribution in [0, 0.1) is 5.92 Å². The summed E-state index contributed by atoms with van der Waals surface area (Å²) in [5.74, 6) is 0.284. The van der Waals surface area contributed by atoms with Crippen LogP contribution in [-0.2, 0) is 9.53 Å². The number of ether oxygens (including phenoxy) is 1. The first-order valence-corrected chi connectivity index (χ1v) is 5.20. The number of rotatable bonds is 3. The molecule has 0 aromatic carbocycles. The van der Waals surface area contributed by atoms with E-state index in [9.17, 15) is 4.79 Å². The average molecular weight is 183 g/mol. The summed E-state index contributed by atoms with van der Waals surface area (Å²) >= 11 is 0. The molecule has 0 spiro atoms. The van der Waals surface area contributed by atoms with Gasteiger partial charge in [-0.1, -0.05) is 0 Å². The fraction of sp³-hybridized carbons (Fsp3) is 0.900. The summed E-state index contributed by atoms with van der Waals surface area (Å²) in [5.41, 5.74) is 0. The van der Waals surface area contributed by atoms with Gasteiger partial charge in [0.05, 0.1) is 12.2 Å². The van der Waals surface area contributed by atoms with E-state index in [-0.39, 0.29) is 5.92 Å². The molecule has 0 atom stereocenters. The Balaban J connectivity index is 1.64. The monoisotopic (exact) mass is 183 g/mol. The molecule has 3 nitrogen and oxygen atoms in total. The van der Waals surface area contributed by atoms with E-state index in [0.29, 0.717) is 12.2 Å². The molecular formula is C10H17NO2. The Morgan fingerprint density at radius 3 is 2.46 bits per heavy atom. The smallest absolute Gasteiger partial charge is 0.123 e. The Hall–Kier alpha value is -0.410. The maximum absolute atomic E-state index is 10.4. The fourth-order valence-corrected chi connectivity index (χ4v) is 2.03. The molecule has 2 fully saturated rings. The van der Waals surface area contributed by atoms with Gasteiger partial charge in [0, 0.05) is 5.92 Å². The molecule has 74 valence electrons. The van der Waals surface area contributed by atoms with Crippen molar-refractivity contribution >= 4 is 6.29 Å². The molecule has 0 unspecified atom stereocenters. The molecule has 0 amide bonds. The molecule has 13 heavy (non-hydrogen) atoms. The minimum absolute atomic E-state index is 0.284. The van der Waals surface area contributed by atoms with E-state index in [1.165, 1.54) is 0 Å². The van der Waals surface area contributed by atoms with Crippen molar-refractivity contribution < 1.29 is 9.53 Å². The Labute approximate surface area is 78.8 Å². The van der Waals surface area contributed by atoms with Crippen molar-refractivity contribution in [1.82, 2.24) is 5.32 Å². The zero-order valence-corrected chi connectivity index (χ0v) is 7.87. The molecule has 1 heterocycles. The predicted molar refractivity (Wildman–Crippen MR) is 49.6 cm³/mol. The van der Waals surface area contributed by atoms with Crippen LogP contribution < -0.4 is 5.32 Å². The summed E-state index contributed by atoms with van der Waals surface area (Å²) in [5, 5.41) is 3.31. The molecule has 1 saturated heterocycles. The summed E-state index contributed by atoms with van der Waals surface area (Å²) in [6.07, 6.45) is 6.03. The van der Waals surface area contributed by atoms with Crippen LogP contribution in [0.5, 0.6) is 0 Å². The van der Waals surface area contributed by atoms with Crippen molar-refractivity contribution in [2.75, 3.05) is 13.1 Å². The minimum atomic E-state index is 0.284. The minimum Gasteiger partial charge on any atom is -0.375 e. The van der Waals surface area contributed by atoms with Crippen molar-refractivity contribution in [3.8, 4) is 0 Å². The van der Waals surface area contributed by atoms with Crippen LogP contribution in [-0.4, -0.2) is 31.6 Å². The van der Waals surface area contributed by atoms with Crippen LogP contribution >= 0.6 is 0 Å². The van der Waals surface area contributed by atoms with E-state index in [2.05, 4.69) is 5.32 Å². The highest BCUT2D eigenvalue weighted by molar-refractivity contribution is 5.55. The van der Waals surface area contributed by atoms with E-state index in [1.807, 2.05) is 0 Å². The summed E-state index contributed by atoms with van der Waals surface area (Å²) in [6.45, 7) is 2.16. The molecule has 0 aromatic rings. The third kappa shape index (κ3) is 2.29. The number of carbonyl (C=O) groups excluding carboxylic acids is 1.